The van der Waals surface area contributed by atoms with Gasteiger partial charge < -0.3 is 21.5 Å². The fraction of sp³-hybridized carbons (Fsp3) is 0. The quantitative estimate of drug-likeness (QED) is 0.493. The predicted octanol–water partition coefficient (Wildman–Crippen LogP) is 2.57. The fourth-order valence-corrected chi connectivity index (χ4v) is 2.49. The zero-order valence-electron chi connectivity index (χ0n) is 11.0. The van der Waals surface area contributed by atoms with E-state index in [-0.39, 0.29) is 5.57 Å². The van der Waals surface area contributed by atoms with E-state index < -0.39 is 0 Å². The van der Waals surface area contributed by atoms with E-state index in [0.29, 0.717) is 22.0 Å². The lowest BCUT2D eigenvalue weighted by atomic mass is 10.1. The molecule has 104 valence electrons. The highest BCUT2D eigenvalue weighted by molar-refractivity contribution is 8.07. The molecule has 0 saturated heterocycles. The van der Waals surface area contributed by atoms with E-state index in [1.807, 2.05) is 6.07 Å². The van der Waals surface area contributed by atoms with Gasteiger partial charge in [-0.2, -0.15) is 5.26 Å². The van der Waals surface area contributed by atoms with Crippen molar-refractivity contribution < 1.29 is 0 Å². The summed E-state index contributed by atoms with van der Waals surface area (Å²) in [4.78, 5) is 4.18. The number of nitrogens with one attached hydrogen (secondary N) is 4. The Balaban J connectivity index is 2.18. The minimum atomic E-state index is 0.229. The molecule has 2 rings (SSSR count). The maximum Gasteiger partial charge on any atom is 0.139 e. The number of nitriles is 1. The Bertz CT molecular complexity index is 710. The Labute approximate surface area is 126 Å². The summed E-state index contributed by atoms with van der Waals surface area (Å²) in [5, 5.41) is 31.1. The van der Waals surface area contributed by atoms with Crippen LogP contribution in [0.25, 0.3) is 0 Å². The molecule has 1 aliphatic rings. The van der Waals surface area contributed by atoms with Crippen LogP contribution in [0, 0.1) is 22.1 Å². The van der Waals surface area contributed by atoms with Crippen LogP contribution in [0.4, 0.5) is 5.82 Å². The van der Waals surface area contributed by atoms with Gasteiger partial charge in [-0.15, -0.1) is 0 Å². The number of allylic oxidation sites excluding steroid dienone is 2. The summed E-state index contributed by atoms with van der Waals surface area (Å²) in [6, 6.07) is 5.48. The third-order valence-electron chi connectivity index (χ3n) is 2.63. The van der Waals surface area contributed by atoms with E-state index >= 15 is 0 Å². The molecule has 0 saturated carbocycles. The van der Waals surface area contributed by atoms with Crippen molar-refractivity contribution in [2.45, 2.75) is 0 Å². The topological polar surface area (TPSA) is 108 Å². The van der Waals surface area contributed by atoms with Gasteiger partial charge >= 0.3 is 0 Å². The van der Waals surface area contributed by atoms with Gasteiger partial charge in [0.05, 0.1) is 21.7 Å². The number of anilines is 1. The smallest absolute Gasteiger partial charge is 0.139 e. The molecule has 0 radical (unpaired) electrons. The van der Waals surface area contributed by atoms with Crippen LogP contribution in [0.15, 0.2) is 52.3 Å². The molecule has 0 unspecified atom stereocenters. The average molecular weight is 296 g/mol. The molecule has 0 bridgehead atoms. The third kappa shape index (κ3) is 3.19. The molecule has 0 fully saturated rings. The van der Waals surface area contributed by atoms with Gasteiger partial charge in [0.15, 0.2) is 0 Å². The van der Waals surface area contributed by atoms with Crippen molar-refractivity contribution in [3.05, 3.63) is 57.9 Å². The summed E-state index contributed by atoms with van der Waals surface area (Å²) < 4.78 is 0. The predicted molar refractivity (Wildman–Crippen MR) is 85.1 cm³/mol. The molecular formula is C14H12N6S. The first kappa shape index (κ1) is 14.6. The number of nitrogens with zero attached hydrogens (tertiary/aromatic N) is 2. The van der Waals surface area contributed by atoms with Gasteiger partial charge in [0, 0.05) is 36.0 Å². The van der Waals surface area contributed by atoms with Crippen LogP contribution < -0.4 is 10.6 Å². The van der Waals surface area contributed by atoms with Crippen LogP contribution in [0.1, 0.15) is 5.56 Å². The van der Waals surface area contributed by atoms with Crippen molar-refractivity contribution in [2.75, 3.05) is 5.32 Å². The Morgan fingerprint density at radius 2 is 2.33 bits per heavy atom. The van der Waals surface area contributed by atoms with Crippen molar-refractivity contribution in [1.29, 1.82) is 16.1 Å². The van der Waals surface area contributed by atoms with Crippen LogP contribution in [0.5, 0.6) is 0 Å². The highest BCUT2D eigenvalue weighted by Crippen LogP contribution is 2.33. The summed E-state index contributed by atoms with van der Waals surface area (Å²) in [5.41, 5.74) is 1.35. The average Bonchev–Trinajstić information content (AvgIpc) is 2.96. The highest BCUT2D eigenvalue weighted by atomic mass is 32.2. The molecule has 0 aliphatic carbocycles. The zero-order valence-corrected chi connectivity index (χ0v) is 11.8. The van der Waals surface area contributed by atoms with Crippen molar-refractivity contribution in [2.24, 2.45) is 0 Å². The lowest BCUT2D eigenvalue weighted by Gasteiger charge is -2.08. The Morgan fingerprint density at radius 1 is 1.52 bits per heavy atom. The number of aromatic nitrogens is 1. The van der Waals surface area contributed by atoms with Crippen molar-refractivity contribution >= 4 is 30.0 Å². The van der Waals surface area contributed by atoms with Gasteiger partial charge in [0.2, 0.25) is 0 Å². The number of hydrogen-bond acceptors (Lipinski definition) is 7. The van der Waals surface area contributed by atoms with E-state index in [9.17, 15) is 0 Å². The normalized spacial score (nSPS) is 15.3. The number of rotatable bonds is 5. The van der Waals surface area contributed by atoms with Crippen LogP contribution in [-0.4, -0.2) is 17.4 Å². The molecule has 0 aromatic carbocycles. The number of thioether (sulfide) groups is 1. The largest absolute Gasteiger partial charge is 0.353 e. The van der Waals surface area contributed by atoms with Gasteiger partial charge in [0.25, 0.3) is 0 Å². The molecule has 1 aromatic heterocycles. The maximum atomic E-state index is 8.87. The SMILES string of the molecule is C=C(C#N)/C(C=N)=C1/NC=C(Nc2ncccc2C=N)S1. The second-order valence-electron chi connectivity index (χ2n) is 3.94. The van der Waals surface area contributed by atoms with E-state index in [1.165, 1.54) is 18.0 Å². The van der Waals surface area contributed by atoms with E-state index in [1.54, 1.807) is 24.5 Å². The zero-order chi connectivity index (χ0) is 15.2. The monoisotopic (exact) mass is 296 g/mol. The minimum Gasteiger partial charge on any atom is -0.353 e. The molecule has 21 heavy (non-hydrogen) atoms. The van der Waals surface area contributed by atoms with Crippen LogP contribution in [0.3, 0.4) is 0 Å². The molecule has 6 nitrogen and oxygen atoms in total. The molecule has 2 heterocycles. The van der Waals surface area contributed by atoms with Gasteiger partial charge in [-0.3, -0.25) is 0 Å². The summed E-state index contributed by atoms with van der Waals surface area (Å²) in [6.07, 6.45) is 5.68. The van der Waals surface area contributed by atoms with Crippen LogP contribution in [-0.2, 0) is 0 Å². The number of pyridine rings is 1. The van der Waals surface area contributed by atoms with Gasteiger partial charge in [0.1, 0.15) is 5.82 Å². The van der Waals surface area contributed by atoms with E-state index in [2.05, 4.69) is 22.2 Å². The first-order chi connectivity index (χ1) is 10.2. The van der Waals surface area contributed by atoms with E-state index in [0.717, 1.165) is 11.2 Å². The first-order valence-electron chi connectivity index (χ1n) is 5.90. The van der Waals surface area contributed by atoms with Crippen LogP contribution in [0.2, 0.25) is 0 Å². The lowest BCUT2D eigenvalue weighted by molar-refractivity contribution is 1.16. The third-order valence-corrected chi connectivity index (χ3v) is 3.61. The van der Waals surface area contributed by atoms with Gasteiger partial charge in [-0.1, -0.05) is 18.3 Å². The van der Waals surface area contributed by atoms with Crippen molar-refractivity contribution in [3.8, 4) is 6.07 Å². The second-order valence-corrected chi connectivity index (χ2v) is 5.00. The Hall–Kier alpha value is -2.85. The highest BCUT2D eigenvalue weighted by Gasteiger charge is 2.17. The van der Waals surface area contributed by atoms with Gasteiger partial charge in [-0.05, 0) is 12.1 Å². The Kier molecular flexibility index (Phi) is 4.53. The lowest BCUT2D eigenvalue weighted by Crippen LogP contribution is -2.02. The number of hydrogen-bond donors (Lipinski definition) is 4. The summed E-state index contributed by atoms with van der Waals surface area (Å²) >= 11 is 1.34. The standard InChI is InChI=1S/C14H12N6S/c1-9(5-15)11(7-17)14-19-8-12(21-14)20-13-10(6-16)3-2-4-18-13/h2-4,6-8,16-17,19H,1H2,(H,18,20)/b14-11-,16-6?,17-7?. The van der Waals surface area contributed by atoms with Gasteiger partial charge in [-0.25, -0.2) is 4.98 Å². The molecule has 4 N–H and O–H groups in total. The molecule has 0 atom stereocenters. The molecule has 7 heteroatoms. The molecule has 1 aliphatic heterocycles. The summed E-state index contributed by atoms with van der Waals surface area (Å²) in [6.45, 7) is 3.62. The molecular weight excluding hydrogens is 284 g/mol. The van der Waals surface area contributed by atoms with Crippen molar-refractivity contribution in [1.82, 2.24) is 10.3 Å². The Morgan fingerprint density at radius 3 is 3.00 bits per heavy atom. The molecule has 1 aromatic rings. The second kappa shape index (κ2) is 6.54. The summed E-state index contributed by atoms with van der Waals surface area (Å²) in [7, 11) is 0. The van der Waals surface area contributed by atoms with Crippen LogP contribution >= 0.6 is 11.8 Å². The molecule has 0 amide bonds. The van der Waals surface area contributed by atoms with Crippen molar-refractivity contribution in [3.63, 3.8) is 0 Å². The minimum absolute atomic E-state index is 0.229. The van der Waals surface area contributed by atoms with E-state index in [4.69, 9.17) is 16.1 Å². The molecule has 0 spiro atoms. The summed E-state index contributed by atoms with van der Waals surface area (Å²) in [5.74, 6) is 0.574. The maximum absolute atomic E-state index is 8.87. The first-order valence-corrected chi connectivity index (χ1v) is 6.72. The fourth-order valence-electron chi connectivity index (χ4n) is 1.60.